The van der Waals surface area contributed by atoms with Gasteiger partial charge in [0.15, 0.2) is 0 Å². The van der Waals surface area contributed by atoms with Gasteiger partial charge in [0, 0.05) is 18.3 Å². The Morgan fingerprint density at radius 1 is 1.13 bits per heavy atom. The number of ether oxygens (including phenoxy) is 1. The normalized spacial score (nSPS) is 11.1. The van der Waals surface area contributed by atoms with Crippen LogP contribution in [0.15, 0.2) is 30.3 Å². The van der Waals surface area contributed by atoms with Crippen molar-refractivity contribution in [3.8, 4) is 23.3 Å². The molecule has 0 heterocycles. The summed E-state index contributed by atoms with van der Waals surface area (Å²) in [6.07, 6.45) is 0. The van der Waals surface area contributed by atoms with E-state index in [1.165, 1.54) is 4.90 Å². The molecule has 0 aliphatic rings. The summed E-state index contributed by atoms with van der Waals surface area (Å²) in [5.41, 5.74) is 3.19. The zero-order valence-electron chi connectivity index (χ0n) is 19.2. The van der Waals surface area contributed by atoms with Crippen molar-refractivity contribution in [1.82, 2.24) is 4.90 Å². The second kappa shape index (κ2) is 11.1. The lowest BCUT2D eigenvalue weighted by Gasteiger charge is -2.21. The maximum atomic E-state index is 12.3. The number of carbonyl (C=O) groups is 1. The average Bonchev–Trinajstić information content (AvgIpc) is 2.71. The van der Waals surface area contributed by atoms with E-state index in [2.05, 4.69) is 5.32 Å². The third-order valence-electron chi connectivity index (χ3n) is 4.64. The maximum Gasteiger partial charge on any atom is 0.322 e. The van der Waals surface area contributed by atoms with Gasteiger partial charge in [0.1, 0.15) is 23.3 Å². The molecule has 30 heavy (non-hydrogen) atoms. The van der Waals surface area contributed by atoms with E-state index in [9.17, 15) is 9.90 Å². The molecule has 2 rings (SSSR count). The highest BCUT2D eigenvalue weighted by molar-refractivity contribution is 5.90. The molecule has 0 aliphatic carbocycles. The molecule has 2 N–H and O–H groups in total. The Bertz CT molecular complexity index is 893. The zero-order valence-corrected chi connectivity index (χ0v) is 19.2. The molecule has 1 atom stereocenters. The van der Waals surface area contributed by atoms with Gasteiger partial charge in [-0.15, -0.1) is 0 Å². The Labute approximate surface area is 180 Å². The SMILES string of the molecule is CC.Cc1cc(NC(=O)N(C)C(C)C#N)cc(C)c1Oc1ccc(O)c(C(C)C)c1. The van der Waals surface area contributed by atoms with Gasteiger partial charge < -0.3 is 20.1 Å². The van der Waals surface area contributed by atoms with Crippen molar-refractivity contribution >= 4 is 11.7 Å². The molecule has 0 saturated carbocycles. The van der Waals surface area contributed by atoms with Crippen LogP contribution >= 0.6 is 0 Å². The summed E-state index contributed by atoms with van der Waals surface area (Å²) in [6.45, 7) is 13.5. The number of hydrogen-bond acceptors (Lipinski definition) is 4. The number of nitrogens with zero attached hydrogens (tertiary/aromatic N) is 2. The van der Waals surface area contributed by atoms with Gasteiger partial charge in [0.25, 0.3) is 0 Å². The molecule has 2 aromatic rings. The molecule has 0 bridgehead atoms. The van der Waals surface area contributed by atoms with Gasteiger partial charge in [-0.2, -0.15) is 5.26 Å². The van der Waals surface area contributed by atoms with Crippen molar-refractivity contribution in [2.75, 3.05) is 12.4 Å². The average molecular weight is 412 g/mol. The molecule has 6 nitrogen and oxygen atoms in total. The summed E-state index contributed by atoms with van der Waals surface area (Å²) in [7, 11) is 1.58. The lowest BCUT2D eigenvalue weighted by Crippen LogP contribution is -2.37. The third-order valence-corrected chi connectivity index (χ3v) is 4.64. The van der Waals surface area contributed by atoms with E-state index in [0.29, 0.717) is 17.2 Å². The minimum Gasteiger partial charge on any atom is -0.508 e. The first kappa shape index (κ1) is 24.8. The molecular weight excluding hydrogens is 378 g/mol. The Hall–Kier alpha value is -3.20. The van der Waals surface area contributed by atoms with Crippen LogP contribution in [0.25, 0.3) is 0 Å². The first-order valence-corrected chi connectivity index (χ1v) is 10.2. The van der Waals surface area contributed by atoms with Crippen molar-refractivity contribution in [3.05, 3.63) is 47.0 Å². The number of nitrogens with one attached hydrogen (secondary N) is 1. The maximum absolute atomic E-state index is 12.3. The second-order valence-electron chi connectivity index (χ2n) is 7.26. The van der Waals surface area contributed by atoms with Gasteiger partial charge in [-0.25, -0.2) is 4.79 Å². The molecule has 1 unspecified atom stereocenters. The van der Waals surface area contributed by atoms with E-state index < -0.39 is 6.04 Å². The fourth-order valence-corrected chi connectivity index (χ4v) is 2.83. The highest BCUT2D eigenvalue weighted by Crippen LogP contribution is 2.35. The summed E-state index contributed by atoms with van der Waals surface area (Å²) < 4.78 is 6.07. The quantitative estimate of drug-likeness (QED) is 0.602. The number of hydrogen-bond donors (Lipinski definition) is 2. The predicted molar refractivity (Wildman–Crippen MR) is 121 cm³/mol. The number of carbonyl (C=O) groups excluding carboxylic acids is 1. The molecule has 0 spiro atoms. The van der Waals surface area contributed by atoms with Gasteiger partial charge >= 0.3 is 6.03 Å². The van der Waals surface area contributed by atoms with Crippen LogP contribution in [0.1, 0.15) is 57.2 Å². The standard InChI is InChI=1S/C22H27N3O3.C2H6/c1-13(2)19-11-18(7-8-20(19)26)28-21-14(3)9-17(10-15(21)4)24-22(27)25(6)16(5)12-23;1-2/h7-11,13,16,26H,1-6H3,(H,24,27);1-2H3. The van der Waals surface area contributed by atoms with Crippen molar-refractivity contribution in [2.45, 2.75) is 60.4 Å². The summed E-state index contributed by atoms with van der Waals surface area (Å²) in [4.78, 5) is 13.6. The molecule has 2 aromatic carbocycles. The zero-order chi connectivity index (χ0) is 23.0. The van der Waals surface area contributed by atoms with Gasteiger partial charge in [-0.3, -0.25) is 0 Å². The number of urea groups is 1. The van der Waals surface area contributed by atoms with E-state index in [1.807, 2.05) is 65.8 Å². The van der Waals surface area contributed by atoms with Gasteiger partial charge in [-0.05, 0) is 68.1 Å². The van der Waals surface area contributed by atoms with E-state index in [-0.39, 0.29) is 17.7 Å². The lowest BCUT2D eigenvalue weighted by molar-refractivity contribution is 0.217. The fourth-order valence-electron chi connectivity index (χ4n) is 2.83. The van der Waals surface area contributed by atoms with Crippen LogP contribution in [0.3, 0.4) is 0 Å². The molecule has 162 valence electrons. The number of amides is 2. The molecule has 0 aliphatic heterocycles. The second-order valence-corrected chi connectivity index (χ2v) is 7.26. The van der Waals surface area contributed by atoms with Crippen molar-refractivity contribution in [3.63, 3.8) is 0 Å². The summed E-state index contributed by atoms with van der Waals surface area (Å²) in [5, 5.41) is 21.7. The Morgan fingerprint density at radius 2 is 1.70 bits per heavy atom. The number of anilines is 1. The van der Waals surface area contributed by atoms with Crippen LogP contribution < -0.4 is 10.1 Å². The molecule has 0 saturated heterocycles. The largest absolute Gasteiger partial charge is 0.508 e. The van der Waals surface area contributed by atoms with E-state index in [1.54, 1.807) is 26.1 Å². The summed E-state index contributed by atoms with van der Waals surface area (Å²) in [5.74, 6) is 1.78. The Morgan fingerprint density at radius 3 is 2.20 bits per heavy atom. The molecule has 6 heteroatoms. The molecular formula is C24H33N3O3. The highest BCUT2D eigenvalue weighted by Gasteiger charge is 2.16. The number of aromatic hydroxyl groups is 1. The molecule has 0 fully saturated rings. The fraction of sp³-hybridized carbons (Fsp3) is 0.417. The van der Waals surface area contributed by atoms with E-state index in [0.717, 1.165) is 16.7 Å². The van der Waals surface area contributed by atoms with Crippen molar-refractivity contribution in [2.24, 2.45) is 0 Å². The summed E-state index contributed by atoms with van der Waals surface area (Å²) >= 11 is 0. The number of rotatable bonds is 5. The van der Waals surface area contributed by atoms with Gasteiger partial charge in [0.2, 0.25) is 0 Å². The number of nitriles is 1. The molecule has 0 radical (unpaired) electrons. The Kier molecular flexibility index (Phi) is 9.19. The van der Waals surface area contributed by atoms with Crippen LogP contribution in [0, 0.1) is 25.2 Å². The Balaban J connectivity index is 0.00000218. The number of phenolic OH excluding ortho intramolecular Hbond substituents is 1. The van der Waals surface area contributed by atoms with E-state index >= 15 is 0 Å². The number of aryl methyl sites for hydroxylation is 2. The minimum absolute atomic E-state index is 0.177. The van der Waals surface area contributed by atoms with Crippen LogP contribution in [-0.2, 0) is 0 Å². The first-order valence-electron chi connectivity index (χ1n) is 10.2. The smallest absolute Gasteiger partial charge is 0.322 e. The summed E-state index contributed by atoms with van der Waals surface area (Å²) in [6, 6.07) is 10.0. The predicted octanol–water partition coefficient (Wildman–Crippen LogP) is 6.33. The minimum atomic E-state index is -0.519. The van der Waals surface area contributed by atoms with Crippen LogP contribution in [-0.4, -0.2) is 29.1 Å². The van der Waals surface area contributed by atoms with Crippen LogP contribution in [0.5, 0.6) is 17.2 Å². The monoisotopic (exact) mass is 411 g/mol. The first-order chi connectivity index (χ1) is 14.1. The van der Waals surface area contributed by atoms with Gasteiger partial charge in [0.05, 0.1) is 6.07 Å². The molecule has 2 amide bonds. The van der Waals surface area contributed by atoms with Gasteiger partial charge in [-0.1, -0.05) is 27.7 Å². The van der Waals surface area contributed by atoms with Crippen LogP contribution in [0.2, 0.25) is 0 Å². The lowest BCUT2D eigenvalue weighted by atomic mass is 10.0. The topological polar surface area (TPSA) is 85.6 Å². The number of benzene rings is 2. The van der Waals surface area contributed by atoms with Crippen molar-refractivity contribution < 1.29 is 14.6 Å². The molecule has 0 aromatic heterocycles. The van der Waals surface area contributed by atoms with Crippen molar-refractivity contribution in [1.29, 1.82) is 5.26 Å². The highest BCUT2D eigenvalue weighted by atomic mass is 16.5. The van der Waals surface area contributed by atoms with Crippen LogP contribution in [0.4, 0.5) is 10.5 Å². The van der Waals surface area contributed by atoms with E-state index in [4.69, 9.17) is 10.00 Å². The third kappa shape index (κ3) is 6.15. The number of phenols is 1.